The molecular formula is C24H36IN7O. The van der Waals surface area contributed by atoms with Crippen LogP contribution in [-0.2, 0) is 30.6 Å². The van der Waals surface area contributed by atoms with E-state index < -0.39 is 0 Å². The number of hydrogen-bond donors (Lipinski definition) is 2. The minimum atomic E-state index is -0.0103. The van der Waals surface area contributed by atoms with Crippen molar-refractivity contribution in [3.8, 4) is 0 Å². The van der Waals surface area contributed by atoms with Crippen molar-refractivity contribution in [2.75, 3.05) is 20.6 Å². The molecule has 1 amide bonds. The summed E-state index contributed by atoms with van der Waals surface area (Å²) in [5, 5.41) is 11.9. The molecule has 180 valence electrons. The highest BCUT2D eigenvalue weighted by atomic mass is 127. The van der Waals surface area contributed by atoms with Crippen LogP contribution < -0.4 is 10.6 Å². The molecule has 0 spiro atoms. The number of aliphatic imine (C=N–C) groups is 1. The molecule has 33 heavy (non-hydrogen) atoms. The summed E-state index contributed by atoms with van der Waals surface area (Å²) in [7, 11) is 3.52. The second kappa shape index (κ2) is 11.3. The van der Waals surface area contributed by atoms with Gasteiger partial charge in [-0.25, -0.2) is 14.7 Å². The third-order valence-corrected chi connectivity index (χ3v) is 6.29. The summed E-state index contributed by atoms with van der Waals surface area (Å²) < 4.78 is 2.02. The summed E-state index contributed by atoms with van der Waals surface area (Å²) in [6.07, 6.45) is 4.93. The maximum atomic E-state index is 12.2. The maximum absolute atomic E-state index is 12.2. The molecule has 4 rings (SSSR count). The molecule has 0 saturated heterocycles. The van der Waals surface area contributed by atoms with E-state index in [1.165, 1.54) is 11.1 Å². The van der Waals surface area contributed by atoms with Gasteiger partial charge in [0.2, 0.25) is 5.91 Å². The molecular weight excluding hydrogens is 529 g/mol. The number of benzene rings is 1. The number of aromatic nitrogens is 3. The van der Waals surface area contributed by atoms with E-state index in [-0.39, 0.29) is 42.5 Å². The van der Waals surface area contributed by atoms with Gasteiger partial charge >= 0.3 is 0 Å². The Morgan fingerprint density at radius 2 is 1.85 bits per heavy atom. The van der Waals surface area contributed by atoms with Crippen LogP contribution in [0.25, 0.3) is 0 Å². The van der Waals surface area contributed by atoms with Crippen LogP contribution in [0.1, 0.15) is 55.4 Å². The molecule has 0 saturated carbocycles. The molecule has 9 heteroatoms. The Labute approximate surface area is 213 Å². The van der Waals surface area contributed by atoms with Gasteiger partial charge in [0.1, 0.15) is 12.4 Å². The Morgan fingerprint density at radius 1 is 1.15 bits per heavy atom. The van der Waals surface area contributed by atoms with Crippen LogP contribution in [0, 0.1) is 0 Å². The Bertz CT molecular complexity index is 985. The van der Waals surface area contributed by atoms with Crippen LogP contribution in [0.5, 0.6) is 0 Å². The number of halogens is 1. The second-order valence-electron chi connectivity index (χ2n) is 9.41. The number of fused-ring (bicyclic) bond motifs is 2. The molecule has 1 aliphatic carbocycles. The topological polar surface area (TPSA) is 87.4 Å². The number of aryl methyl sites for hydroxylation is 2. The monoisotopic (exact) mass is 565 g/mol. The first kappa shape index (κ1) is 25.5. The lowest BCUT2D eigenvalue weighted by Gasteiger charge is -2.30. The molecule has 8 nitrogen and oxygen atoms in total. The van der Waals surface area contributed by atoms with Crippen LogP contribution in [0.15, 0.2) is 29.3 Å². The Balaban J connectivity index is 0.00000306. The molecule has 2 heterocycles. The fourth-order valence-corrected chi connectivity index (χ4v) is 4.32. The van der Waals surface area contributed by atoms with Crippen molar-refractivity contribution < 1.29 is 4.79 Å². The summed E-state index contributed by atoms with van der Waals surface area (Å²) in [6.45, 7) is 5.13. The highest BCUT2D eigenvalue weighted by Gasteiger charge is 2.25. The fraction of sp³-hybridized carbons (Fsp3) is 0.583. The lowest BCUT2D eigenvalue weighted by Crippen LogP contribution is -2.51. The van der Waals surface area contributed by atoms with Crippen LogP contribution in [0.4, 0.5) is 0 Å². The first-order chi connectivity index (χ1) is 15.4. The van der Waals surface area contributed by atoms with Crippen molar-refractivity contribution in [1.29, 1.82) is 0 Å². The number of carbonyl (C=O) groups excluding carboxylic acids is 1. The van der Waals surface area contributed by atoms with E-state index in [1.807, 2.05) is 4.68 Å². The van der Waals surface area contributed by atoms with Crippen molar-refractivity contribution in [3.05, 3.63) is 47.0 Å². The van der Waals surface area contributed by atoms with E-state index >= 15 is 0 Å². The van der Waals surface area contributed by atoms with E-state index in [0.717, 1.165) is 50.3 Å². The van der Waals surface area contributed by atoms with Gasteiger partial charge in [-0.15, -0.1) is 24.0 Å². The number of guanidine groups is 1. The summed E-state index contributed by atoms with van der Waals surface area (Å²) in [5.74, 6) is 2.99. The van der Waals surface area contributed by atoms with Crippen molar-refractivity contribution in [2.45, 2.75) is 70.5 Å². The van der Waals surface area contributed by atoms with Gasteiger partial charge in [0.15, 0.2) is 11.8 Å². The molecule has 1 aliphatic heterocycles. The van der Waals surface area contributed by atoms with E-state index in [9.17, 15) is 4.79 Å². The standard InChI is InChI=1S/C24H35N7O.HI/c1-16(2)23-28-21-12-11-20(15-31(21)29-23)27-24(25-14-22(32)30(3)4)26-19-10-9-17-7-5-6-8-18(17)13-19;/h5-8,16,19-20H,9-15H2,1-4H3,(H2,25,26,27);1H. The quantitative estimate of drug-likeness (QED) is 0.331. The van der Waals surface area contributed by atoms with Crippen molar-refractivity contribution in [3.63, 3.8) is 0 Å². The van der Waals surface area contributed by atoms with Crippen LogP contribution >= 0.6 is 24.0 Å². The van der Waals surface area contributed by atoms with Crippen molar-refractivity contribution in [2.24, 2.45) is 4.99 Å². The molecule has 2 aliphatic rings. The number of likely N-dealkylation sites (N-methyl/N-ethyl adjacent to an activating group) is 1. The molecule has 2 unspecified atom stereocenters. The first-order valence-electron chi connectivity index (χ1n) is 11.7. The lowest BCUT2D eigenvalue weighted by molar-refractivity contribution is -0.127. The number of amides is 1. The second-order valence-corrected chi connectivity index (χ2v) is 9.41. The Morgan fingerprint density at radius 3 is 2.58 bits per heavy atom. The first-order valence-corrected chi connectivity index (χ1v) is 11.7. The molecule has 1 aromatic heterocycles. The molecule has 0 radical (unpaired) electrons. The number of nitrogens with one attached hydrogen (secondary N) is 2. The average Bonchev–Trinajstić information content (AvgIpc) is 3.21. The Kier molecular flexibility index (Phi) is 8.72. The number of nitrogens with zero attached hydrogens (tertiary/aromatic N) is 5. The zero-order valence-corrected chi connectivity index (χ0v) is 22.4. The van der Waals surface area contributed by atoms with Crippen molar-refractivity contribution in [1.82, 2.24) is 30.3 Å². The van der Waals surface area contributed by atoms with Crippen LogP contribution in [-0.4, -0.2) is 64.3 Å². The van der Waals surface area contributed by atoms with Gasteiger partial charge < -0.3 is 15.5 Å². The smallest absolute Gasteiger partial charge is 0.243 e. The normalized spacial score (nSPS) is 19.8. The van der Waals surface area contributed by atoms with Gasteiger partial charge in [0, 0.05) is 38.5 Å². The summed E-state index contributed by atoms with van der Waals surface area (Å²) in [6, 6.07) is 9.14. The minimum absolute atomic E-state index is 0. The van der Waals surface area contributed by atoms with E-state index in [2.05, 4.69) is 58.7 Å². The minimum Gasteiger partial charge on any atom is -0.353 e. The molecule has 0 fully saturated rings. The Hall–Kier alpha value is -2.17. The molecule has 0 bridgehead atoms. The van der Waals surface area contributed by atoms with Crippen LogP contribution in [0.3, 0.4) is 0 Å². The average molecular weight is 566 g/mol. The van der Waals surface area contributed by atoms with Gasteiger partial charge in [-0.1, -0.05) is 38.1 Å². The van der Waals surface area contributed by atoms with Gasteiger partial charge in [-0.3, -0.25) is 4.79 Å². The van der Waals surface area contributed by atoms with E-state index in [1.54, 1.807) is 19.0 Å². The summed E-state index contributed by atoms with van der Waals surface area (Å²) in [4.78, 5) is 23.1. The number of carbonyl (C=O) groups is 1. The highest BCUT2D eigenvalue weighted by Crippen LogP contribution is 2.21. The van der Waals surface area contributed by atoms with E-state index in [4.69, 9.17) is 5.10 Å². The SMILES string of the molecule is CC(C)c1nc2n(n1)CC(NC(=NCC(=O)N(C)C)NC1CCc3ccccc3C1)CC2.I. The molecule has 2 aromatic rings. The third-order valence-electron chi connectivity index (χ3n) is 6.29. The predicted molar refractivity (Wildman–Crippen MR) is 141 cm³/mol. The molecule has 2 atom stereocenters. The highest BCUT2D eigenvalue weighted by molar-refractivity contribution is 14.0. The van der Waals surface area contributed by atoms with Crippen LogP contribution in [0.2, 0.25) is 0 Å². The zero-order chi connectivity index (χ0) is 22.7. The molecule has 2 N–H and O–H groups in total. The van der Waals surface area contributed by atoms with Gasteiger partial charge in [0.25, 0.3) is 0 Å². The largest absolute Gasteiger partial charge is 0.353 e. The number of hydrogen-bond acceptors (Lipinski definition) is 4. The van der Waals surface area contributed by atoms with Gasteiger partial charge in [-0.2, -0.15) is 5.10 Å². The van der Waals surface area contributed by atoms with E-state index in [0.29, 0.717) is 17.9 Å². The number of rotatable bonds is 5. The maximum Gasteiger partial charge on any atom is 0.243 e. The van der Waals surface area contributed by atoms with Crippen molar-refractivity contribution >= 4 is 35.8 Å². The third kappa shape index (κ3) is 6.45. The van der Waals surface area contributed by atoms with Gasteiger partial charge in [-0.05, 0) is 36.8 Å². The summed E-state index contributed by atoms with van der Waals surface area (Å²) >= 11 is 0. The fourth-order valence-electron chi connectivity index (χ4n) is 4.32. The summed E-state index contributed by atoms with van der Waals surface area (Å²) in [5.41, 5.74) is 2.83. The molecule has 1 aromatic carbocycles. The lowest BCUT2D eigenvalue weighted by atomic mass is 9.88. The van der Waals surface area contributed by atoms with Gasteiger partial charge in [0.05, 0.1) is 6.54 Å². The zero-order valence-electron chi connectivity index (χ0n) is 20.0. The predicted octanol–water partition coefficient (Wildman–Crippen LogP) is 2.52.